The van der Waals surface area contributed by atoms with Crippen LogP contribution in [0.25, 0.3) is 88.0 Å². The number of pyridine rings is 3. The lowest BCUT2D eigenvalue weighted by atomic mass is 9.91. The van der Waals surface area contributed by atoms with Gasteiger partial charge in [-0.15, -0.1) is 0 Å². The van der Waals surface area contributed by atoms with Crippen LogP contribution < -0.4 is 4.90 Å². The molecule has 0 radical (unpaired) electrons. The fourth-order valence-corrected chi connectivity index (χ4v) is 8.34. The molecule has 4 nitrogen and oxygen atoms in total. The van der Waals surface area contributed by atoms with E-state index in [-0.39, 0.29) is 0 Å². The molecule has 0 fully saturated rings. The Balaban J connectivity index is 1.24. The molecule has 0 aliphatic rings. The Bertz CT molecular complexity index is 3240. The van der Waals surface area contributed by atoms with E-state index < -0.39 is 0 Å². The van der Waals surface area contributed by atoms with Gasteiger partial charge in [-0.25, -0.2) is 15.0 Å². The van der Waals surface area contributed by atoms with Crippen molar-refractivity contribution in [1.82, 2.24) is 15.0 Å². The van der Waals surface area contributed by atoms with Crippen LogP contribution in [0.3, 0.4) is 0 Å². The Morgan fingerprint density at radius 1 is 0.333 bits per heavy atom. The second kappa shape index (κ2) is 13.6. The lowest BCUT2D eigenvalue weighted by Gasteiger charge is -2.28. The minimum absolute atomic E-state index is 0.856. The summed E-state index contributed by atoms with van der Waals surface area (Å²) in [6.07, 6.45) is 0. The van der Waals surface area contributed by atoms with Crippen molar-refractivity contribution in [3.05, 3.63) is 206 Å². The average molecular weight is 727 g/mol. The van der Waals surface area contributed by atoms with Crippen molar-refractivity contribution in [2.75, 3.05) is 4.90 Å². The second-order valence-electron chi connectivity index (χ2n) is 14.4. The lowest BCUT2D eigenvalue weighted by Crippen LogP contribution is -2.11. The standard InChI is InChI=1S/C53H34N4/c1-5-16-35(17-6-1)45-32-30-37-28-29-38-31-33-46(55-52(38)51(37)54-45)43-26-15-27-44-48-42-25-14-13-20-39(42)34-47(49(48)50(56-53(43)44)36-18-7-2-8-19-36)57(40-21-9-3-10-22-40)41-23-11-4-12-24-41/h1-34H. The van der Waals surface area contributed by atoms with E-state index in [1.807, 2.05) is 6.07 Å². The number of rotatable bonds is 6. The van der Waals surface area contributed by atoms with Gasteiger partial charge in [-0.3, -0.25) is 0 Å². The molecule has 0 N–H and O–H groups in total. The smallest absolute Gasteiger partial charge is 0.0972 e. The molecule has 8 aromatic carbocycles. The molecule has 266 valence electrons. The fraction of sp³-hybridized carbons (Fsp3) is 0. The van der Waals surface area contributed by atoms with Crippen molar-refractivity contribution in [2.45, 2.75) is 0 Å². The monoisotopic (exact) mass is 726 g/mol. The summed E-state index contributed by atoms with van der Waals surface area (Å²) in [4.78, 5) is 18.7. The van der Waals surface area contributed by atoms with Crippen LogP contribution in [0.4, 0.5) is 17.1 Å². The maximum Gasteiger partial charge on any atom is 0.0972 e. The largest absolute Gasteiger partial charge is 0.310 e. The molecule has 0 bridgehead atoms. The molecule has 3 heterocycles. The molecule has 0 saturated carbocycles. The van der Waals surface area contributed by atoms with Crippen LogP contribution >= 0.6 is 0 Å². The third kappa shape index (κ3) is 5.58. The summed E-state index contributed by atoms with van der Waals surface area (Å²) in [7, 11) is 0. The Morgan fingerprint density at radius 2 is 0.860 bits per heavy atom. The van der Waals surface area contributed by atoms with Crippen LogP contribution in [-0.2, 0) is 0 Å². The normalized spacial score (nSPS) is 11.5. The SMILES string of the molecule is c1ccc(-c2ccc3ccc4ccc(-c5cccc6c5nc(-c5ccccc5)c5c(N(c7ccccc7)c7ccccc7)cc7ccccc7c56)nc4c3n2)cc1. The Morgan fingerprint density at radius 3 is 1.53 bits per heavy atom. The van der Waals surface area contributed by atoms with Crippen LogP contribution in [-0.4, -0.2) is 15.0 Å². The first-order chi connectivity index (χ1) is 28.3. The zero-order valence-electron chi connectivity index (χ0n) is 30.9. The van der Waals surface area contributed by atoms with Crippen molar-refractivity contribution in [1.29, 1.82) is 0 Å². The molecule has 0 saturated heterocycles. The highest BCUT2D eigenvalue weighted by Crippen LogP contribution is 2.48. The molecule has 0 atom stereocenters. The highest BCUT2D eigenvalue weighted by Gasteiger charge is 2.24. The Kier molecular flexibility index (Phi) is 7.78. The number of nitrogens with zero attached hydrogens (tertiary/aromatic N) is 4. The van der Waals surface area contributed by atoms with Gasteiger partial charge < -0.3 is 4.90 Å². The summed E-state index contributed by atoms with van der Waals surface area (Å²) in [6, 6.07) is 72.5. The molecule has 4 heteroatoms. The van der Waals surface area contributed by atoms with E-state index in [0.29, 0.717) is 0 Å². The number of aromatic nitrogens is 3. The van der Waals surface area contributed by atoms with Gasteiger partial charge in [0, 0.05) is 55.0 Å². The number of benzene rings is 8. The van der Waals surface area contributed by atoms with E-state index in [4.69, 9.17) is 15.0 Å². The summed E-state index contributed by atoms with van der Waals surface area (Å²) in [5.41, 5.74) is 11.7. The van der Waals surface area contributed by atoms with Gasteiger partial charge in [0.05, 0.1) is 39.3 Å². The molecule has 0 unspecified atom stereocenters. The van der Waals surface area contributed by atoms with E-state index >= 15 is 0 Å². The molecule has 0 amide bonds. The molecule has 0 spiro atoms. The van der Waals surface area contributed by atoms with E-state index in [1.165, 1.54) is 5.39 Å². The predicted molar refractivity (Wildman–Crippen MR) is 238 cm³/mol. The number of para-hydroxylation sites is 3. The van der Waals surface area contributed by atoms with E-state index in [0.717, 1.165) is 99.7 Å². The molecular formula is C53H34N4. The van der Waals surface area contributed by atoms with Gasteiger partial charge in [-0.2, -0.15) is 0 Å². The average Bonchev–Trinajstić information content (AvgIpc) is 3.29. The van der Waals surface area contributed by atoms with E-state index in [9.17, 15) is 0 Å². The van der Waals surface area contributed by atoms with Crippen LogP contribution in [0.15, 0.2) is 206 Å². The van der Waals surface area contributed by atoms with Crippen molar-refractivity contribution < 1.29 is 0 Å². The second-order valence-corrected chi connectivity index (χ2v) is 14.4. The molecule has 0 aliphatic heterocycles. The van der Waals surface area contributed by atoms with Crippen molar-refractivity contribution >= 4 is 71.3 Å². The third-order valence-corrected chi connectivity index (χ3v) is 11.0. The quantitative estimate of drug-likeness (QED) is 0.160. The van der Waals surface area contributed by atoms with Gasteiger partial charge in [0.15, 0.2) is 0 Å². The van der Waals surface area contributed by atoms with Gasteiger partial charge in [-0.1, -0.05) is 164 Å². The van der Waals surface area contributed by atoms with Crippen molar-refractivity contribution in [3.63, 3.8) is 0 Å². The maximum atomic E-state index is 5.70. The maximum absolute atomic E-state index is 5.70. The highest BCUT2D eigenvalue weighted by molar-refractivity contribution is 6.28. The van der Waals surface area contributed by atoms with Crippen LogP contribution in [0, 0.1) is 0 Å². The molecule has 11 aromatic rings. The Hall–Kier alpha value is -7.69. The zero-order valence-corrected chi connectivity index (χ0v) is 30.9. The Labute approximate surface area is 330 Å². The molecule has 0 aliphatic carbocycles. The van der Waals surface area contributed by atoms with Crippen LogP contribution in [0.1, 0.15) is 0 Å². The number of hydrogen-bond acceptors (Lipinski definition) is 4. The first-order valence-electron chi connectivity index (χ1n) is 19.3. The van der Waals surface area contributed by atoms with E-state index in [1.54, 1.807) is 0 Å². The molecule has 11 rings (SSSR count). The number of anilines is 3. The first kappa shape index (κ1) is 32.7. The summed E-state index contributed by atoms with van der Waals surface area (Å²) in [6.45, 7) is 0. The topological polar surface area (TPSA) is 41.9 Å². The van der Waals surface area contributed by atoms with Gasteiger partial charge >= 0.3 is 0 Å². The van der Waals surface area contributed by atoms with Crippen LogP contribution in [0.2, 0.25) is 0 Å². The minimum atomic E-state index is 0.856. The third-order valence-electron chi connectivity index (χ3n) is 11.0. The van der Waals surface area contributed by atoms with Crippen LogP contribution in [0.5, 0.6) is 0 Å². The molecule has 3 aromatic heterocycles. The summed E-state index contributed by atoms with van der Waals surface area (Å²) in [5.74, 6) is 0. The van der Waals surface area contributed by atoms with Gasteiger partial charge in [0.2, 0.25) is 0 Å². The summed E-state index contributed by atoms with van der Waals surface area (Å²) in [5, 5.41) is 7.76. The highest BCUT2D eigenvalue weighted by atomic mass is 15.1. The van der Waals surface area contributed by atoms with E-state index in [2.05, 4.69) is 205 Å². The minimum Gasteiger partial charge on any atom is -0.310 e. The first-order valence-corrected chi connectivity index (χ1v) is 19.3. The van der Waals surface area contributed by atoms with Crippen molar-refractivity contribution in [2.24, 2.45) is 0 Å². The fourth-order valence-electron chi connectivity index (χ4n) is 8.34. The van der Waals surface area contributed by atoms with Crippen molar-refractivity contribution in [3.8, 4) is 33.8 Å². The van der Waals surface area contributed by atoms with Gasteiger partial charge in [0.1, 0.15) is 0 Å². The number of hydrogen-bond donors (Lipinski definition) is 0. The van der Waals surface area contributed by atoms with Gasteiger partial charge in [0.25, 0.3) is 0 Å². The molecular weight excluding hydrogens is 693 g/mol. The molecule has 57 heavy (non-hydrogen) atoms. The lowest BCUT2D eigenvalue weighted by molar-refractivity contribution is 1.30. The predicted octanol–water partition coefficient (Wildman–Crippen LogP) is 14.1. The number of fused-ring (bicyclic) bond motifs is 8. The summed E-state index contributed by atoms with van der Waals surface area (Å²) < 4.78 is 0. The summed E-state index contributed by atoms with van der Waals surface area (Å²) >= 11 is 0. The van der Waals surface area contributed by atoms with Gasteiger partial charge in [-0.05, 0) is 53.2 Å². The zero-order chi connectivity index (χ0) is 37.7.